The van der Waals surface area contributed by atoms with Crippen molar-refractivity contribution in [3.63, 3.8) is 0 Å². The highest BCUT2D eigenvalue weighted by molar-refractivity contribution is 5.86. The standard InChI is InChI=1S/C11H12N8/c12-18-11-16-9(8-6-15-19-10(8)17-11)14-5-7-1-3-13-4-2-7/h1-4,6H,5,12H2,(H3,14,15,16,17,18,19). The minimum atomic E-state index is 0.328. The number of pyridine rings is 1. The fraction of sp³-hybridized carbons (Fsp3) is 0.0909. The molecule has 0 fully saturated rings. The lowest BCUT2D eigenvalue weighted by Gasteiger charge is -2.07. The van der Waals surface area contributed by atoms with Crippen molar-refractivity contribution in [1.82, 2.24) is 25.1 Å². The summed E-state index contributed by atoms with van der Waals surface area (Å²) in [6.45, 7) is 0.629. The Morgan fingerprint density at radius 2 is 2.05 bits per heavy atom. The van der Waals surface area contributed by atoms with Crippen molar-refractivity contribution in [2.45, 2.75) is 6.54 Å². The molecule has 0 unspecified atom stereocenters. The maximum atomic E-state index is 5.34. The number of hydrogen-bond acceptors (Lipinski definition) is 7. The molecule has 0 bridgehead atoms. The van der Waals surface area contributed by atoms with Crippen LogP contribution in [0.1, 0.15) is 5.56 Å². The van der Waals surface area contributed by atoms with Crippen molar-refractivity contribution in [2.75, 3.05) is 10.7 Å². The first kappa shape index (κ1) is 11.4. The van der Waals surface area contributed by atoms with E-state index in [0.717, 1.165) is 10.9 Å². The van der Waals surface area contributed by atoms with Gasteiger partial charge in [-0.1, -0.05) is 0 Å². The predicted molar refractivity (Wildman–Crippen MR) is 71.1 cm³/mol. The molecule has 3 aromatic rings. The van der Waals surface area contributed by atoms with Gasteiger partial charge in [0.15, 0.2) is 5.65 Å². The fourth-order valence-corrected chi connectivity index (χ4v) is 1.72. The molecule has 0 radical (unpaired) electrons. The lowest BCUT2D eigenvalue weighted by molar-refractivity contribution is 1.06. The summed E-state index contributed by atoms with van der Waals surface area (Å²) in [6, 6.07) is 3.87. The van der Waals surface area contributed by atoms with E-state index < -0.39 is 0 Å². The summed E-state index contributed by atoms with van der Waals surface area (Å²) in [5.41, 5.74) is 4.16. The van der Waals surface area contributed by atoms with Gasteiger partial charge < -0.3 is 5.32 Å². The SMILES string of the molecule is NNc1nc(NCc2ccncc2)c2cn[nH]c2n1. The lowest BCUT2D eigenvalue weighted by atomic mass is 10.2. The quantitative estimate of drug-likeness (QED) is 0.399. The van der Waals surface area contributed by atoms with Crippen LogP contribution in [0.4, 0.5) is 11.8 Å². The van der Waals surface area contributed by atoms with E-state index in [1.165, 1.54) is 0 Å². The van der Waals surface area contributed by atoms with Crippen molar-refractivity contribution < 1.29 is 0 Å². The van der Waals surface area contributed by atoms with Gasteiger partial charge in [-0.25, -0.2) is 5.84 Å². The summed E-state index contributed by atoms with van der Waals surface area (Å²) < 4.78 is 0. The van der Waals surface area contributed by atoms with Crippen molar-refractivity contribution >= 4 is 22.8 Å². The Kier molecular flexibility index (Phi) is 2.91. The van der Waals surface area contributed by atoms with Gasteiger partial charge >= 0.3 is 0 Å². The summed E-state index contributed by atoms with van der Waals surface area (Å²) in [7, 11) is 0. The van der Waals surface area contributed by atoms with Gasteiger partial charge in [-0.2, -0.15) is 15.1 Å². The number of nitrogens with two attached hydrogens (primary N) is 1. The zero-order valence-corrected chi connectivity index (χ0v) is 9.96. The van der Waals surface area contributed by atoms with Crippen LogP contribution in [0.15, 0.2) is 30.7 Å². The Morgan fingerprint density at radius 3 is 2.84 bits per heavy atom. The molecule has 0 aliphatic carbocycles. The second kappa shape index (κ2) is 4.86. The number of nitrogens with one attached hydrogen (secondary N) is 3. The number of rotatable bonds is 4. The van der Waals surface area contributed by atoms with Crippen molar-refractivity contribution in [3.8, 4) is 0 Å². The molecule has 0 spiro atoms. The van der Waals surface area contributed by atoms with Gasteiger partial charge in [0.05, 0.1) is 11.6 Å². The number of aromatic amines is 1. The average molecular weight is 256 g/mol. The van der Waals surface area contributed by atoms with Gasteiger partial charge in [-0.05, 0) is 17.7 Å². The Hall–Kier alpha value is -2.74. The van der Waals surface area contributed by atoms with Crippen LogP contribution in [-0.2, 0) is 6.54 Å². The molecule has 3 rings (SSSR count). The summed E-state index contributed by atoms with van der Waals surface area (Å²) >= 11 is 0. The van der Waals surface area contributed by atoms with Crippen molar-refractivity contribution in [2.24, 2.45) is 5.84 Å². The number of anilines is 2. The van der Waals surface area contributed by atoms with Crippen LogP contribution in [0.3, 0.4) is 0 Å². The molecule has 5 N–H and O–H groups in total. The van der Waals surface area contributed by atoms with E-state index in [1.54, 1.807) is 18.6 Å². The van der Waals surface area contributed by atoms with Gasteiger partial charge in [0.1, 0.15) is 5.82 Å². The normalized spacial score (nSPS) is 10.6. The third-order valence-electron chi connectivity index (χ3n) is 2.65. The van der Waals surface area contributed by atoms with Crippen LogP contribution in [-0.4, -0.2) is 25.1 Å². The van der Waals surface area contributed by atoms with E-state index in [0.29, 0.717) is 24.0 Å². The van der Waals surface area contributed by atoms with Crippen LogP contribution in [0.25, 0.3) is 11.0 Å². The maximum absolute atomic E-state index is 5.34. The Bertz CT molecular complexity index is 677. The van der Waals surface area contributed by atoms with Crippen LogP contribution in [0.2, 0.25) is 0 Å². The highest BCUT2D eigenvalue weighted by atomic mass is 15.3. The lowest BCUT2D eigenvalue weighted by Crippen LogP contribution is -2.12. The summed E-state index contributed by atoms with van der Waals surface area (Å²) in [6.07, 6.45) is 5.17. The largest absolute Gasteiger partial charge is 0.365 e. The van der Waals surface area contributed by atoms with Crippen LogP contribution < -0.4 is 16.6 Å². The smallest absolute Gasteiger partial charge is 0.241 e. The molecule has 0 aromatic carbocycles. The molecule has 0 aliphatic rings. The van der Waals surface area contributed by atoms with Crippen molar-refractivity contribution in [3.05, 3.63) is 36.3 Å². The van der Waals surface area contributed by atoms with E-state index >= 15 is 0 Å². The molecule has 0 aliphatic heterocycles. The van der Waals surface area contributed by atoms with Gasteiger partial charge in [-0.3, -0.25) is 15.5 Å². The number of hydrogen-bond donors (Lipinski definition) is 4. The average Bonchev–Trinajstić information content (AvgIpc) is 2.94. The van der Waals surface area contributed by atoms with Gasteiger partial charge in [0.25, 0.3) is 0 Å². The third kappa shape index (κ3) is 2.29. The summed E-state index contributed by atoms with van der Waals surface area (Å²) in [5.74, 6) is 6.34. The second-order valence-electron chi connectivity index (χ2n) is 3.88. The van der Waals surface area contributed by atoms with Crippen molar-refractivity contribution in [1.29, 1.82) is 0 Å². The van der Waals surface area contributed by atoms with Gasteiger partial charge in [0.2, 0.25) is 5.95 Å². The van der Waals surface area contributed by atoms with Gasteiger partial charge in [-0.15, -0.1) is 0 Å². The summed E-state index contributed by atoms with van der Waals surface area (Å²) in [5, 5.41) is 10.8. The molecular formula is C11H12N8. The fourth-order valence-electron chi connectivity index (χ4n) is 1.72. The Labute approximate surface area is 108 Å². The molecular weight excluding hydrogens is 244 g/mol. The zero-order valence-electron chi connectivity index (χ0n) is 9.96. The van der Waals surface area contributed by atoms with E-state index in [2.05, 4.69) is 35.9 Å². The third-order valence-corrected chi connectivity index (χ3v) is 2.65. The molecule has 8 heteroatoms. The monoisotopic (exact) mass is 256 g/mol. The predicted octanol–water partition coefficient (Wildman–Crippen LogP) is 0.646. The first-order valence-corrected chi connectivity index (χ1v) is 5.67. The number of aromatic nitrogens is 5. The highest BCUT2D eigenvalue weighted by Gasteiger charge is 2.08. The number of nitrogen functional groups attached to an aromatic ring is 1. The van der Waals surface area contributed by atoms with E-state index in [4.69, 9.17) is 5.84 Å². The molecule has 96 valence electrons. The molecule has 0 atom stereocenters. The number of fused-ring (bicyclic) bond motifs is 1. The number of H-pyrrole nitrogens is 1. The minimum absolute atomic E-state index is 0.328. The molecule has 3 heterocycles. The van der Waals surface area contributed by atoms with Crippen LogP contribution >= 0.6 is 0 Å². The molecule has 3 aromatic heterocycles. The first-order chi connectivity index (χ1) is 9.36. The highest BCUT2D eigenvalue weighted by Crippen LogP contribution is 2.20. The van der Waals surface area contributed by atoms with E-state index in [-0.39, 0.29) is 0 Å². The van der Waals surface area contributed by atoms with Crippen LogP contribution in [0.5, 0.6) is 0 Å². The Balaban J connectivity index is 1.89. The maximum Gasteiger partial charge on any atom is 0.241 e. The van der Waals surface area contributed by atoms with E-state index in [1.807, 2.05) is 12.1 Å². The van der Waals surface area contributed by atoms with Crippen LogP contribution in [0, 0.1) is 0 Å². The topological polar surface area (TPSA) is 117 Å². The number of hydrazine groups is 1. The van der Waals surface area contributed by atoms with Gasteiger partial charge in [0, 0.05) is 18.9 Å². The first-order valence-electron chi connectivity index (χ1n) is 5.67. The molecule has 8 nitrogen and oxygen atoms in total. The number of nitrogens with zero attached hydrogens (tertiary/aromatic N) is 4. The molecule has 0 saturated heterocycles. The summed E-state index contributed by atoms with van der Waals surface area (Å²) in [4.78, 5) is 12.4. The molecule has 0 amide bonds. The zero-order chi connectivity index (χ0) is 13.1. The molecule has 19 heavy (non-hydrogen) atoms. The minimum Gasteiger partial charge on any atom is -0.365 e. The molecule has 0 saturated carbocycles. The second-order valence-corrected chi connectivity index (χ2v) is 3.88. The van der Waals surface area contributed by atoms with E-state index in [9.17, 15) is 0 Å². The Morgan fingerprint density at radius 1 is 1.21 bits per heavy atom.